The molecule has 2 aromatic rings. The number of benzene rings is 1. The standard InChI is InChI=1S/C17H22N2O2/c1-3-13-10-14(19(4-2)18-13)11-15(20)17-9-12-7-5-6-8-16(12)21-17/h5-8,10,15,17,20H,3-4,9,11H2,1-2H3. The van der Waals surface area contributed by atoms with E-state index < -0.39 is 6.10 Å². The average Bonchev–Trinajstić information content (AvgIpc) is 3.10. The van der Waals surface area contributed by atoms with E-state index in [1.165, 1.54) is 5.56 Å². The minimum absolute atomic E-state index is 0.160. The molecule has 0 aliphatic carbocycles. The monoisotopic (exact) mass is 286 g/mol. The number of aromatic nitrogens is 2. The zero-order valence-corrected chi connectivity index (χ0v) is 12.6. The Morgan fingerprint density at radius 3 is 2.90 bits per heavy atom. The summed E-state index contributed by atoms with van der Waals surface area (Å²) in [6, 6.07) is 10.1. The van der Waals surface area contributed by atoms with Gasteiger partial charge in [-0.1, -0.05) is 25.1 Å². The molecule has 4 heteroatoms. The smallest absolute Gasteiger partial charge is 0.129 e. The van der Waals surface area contributed by atoms with E-state index in [0.717, 1.165) is 36.5 Å². The van der Waals surface area contributed by atoms with Crippen LogP contribution in [-0.2, 0) is 25.8 Å². The van der Waals surface area contributed by atoms with Crippen molar-refractivity contribution in [2.75, 3.05) is 0 Å². The van der Waals surface area contributed by atoms with Gasteiger partial charge in [-0.05, 0) is 31.0 Å². The quantitative estimate of drug-likeness (QED) is 0.918. The molecule has 1 aromatic carbocycles. The summed E-state index contributed by atoms with van der Waals surface area (Å²) in [5, 5.41) is 15.0. The topological polar surface area (TPSA) is 47.3 Å². The van der Waals surface area contributed by atoms with E-state index in [2.05, 4.69) is 31.1 Å². The van der Waals surface area contributed by atoms with Crippen LogP contribution in [0.25, 0.3) is 0 Å². The first-order valence-corrected chi connectivity index (χ1v) is 7.69. The summed E-state index contributed by atoms with van der Waals surface area (Å²) in [6.07, 6.45) is 1.61. The molecule has 0 saturated heterocycles. The third-order valence-electron chi connectivity index (χ3n) is 4.10. The third kappa shape index (κ3) is 2.81. The van der Waals surface area contributed by atoms with Gasteiger partial charge in [0.2, 0.25) is 0 Å². The second-order valence-electron chi connectivity index (χ2n) is 5.54. The van der Waals surface area contributed by atoms with Crippen molar-refractivity contribution < 1.29 is 9.84 Å². The minimum atomic E-state index is -0.510. The zero-order valence-electron chi connectivity index (χ0n) is 12.6. The van der Waals surface area contributed by atoms with Crippen molar-refractivity contribution >= 4 is 0 Å². The molecule has 2 heterocycles. The highest BCUT2D eigenvalue weighted by Crippen LogP contribution is 2.30. The first-order chi connectivity index (χ1) is 10.2. The predicted octanol–water partition coefficient (Wildman–Crippen LogP) is 2.37. The number of aliphatic hydroxyl groups excluding tert-OH is 1. The normalized spacial score (nSPS) is 18.3. The number of ether oxygens (including phenoxy) is 1. The lowest BCUT2D eigenvalue weighted by Crippen LogP contribution is -2.32. The Bertz CT molecular complexity index is 596. The van der Waals surface area contributed by atoms with Gasteiger partial charge in [-0.25, -0.2) is 0 Å². The Morgan fingerprint density at radius 1 is 1.38 bits per heavy atom. The average molecular weight is 286 g/mol. The van der Waals surface area contributed by atoms with E-state index in [4.69, 9.17) is 4.74 Å². The van der Waals surface area contributed by atoms with Crippen LogP contribution in [0.3, 0.4) is 0 Å². The number of rotatable bonds is 5. The summed E-state index contributed by atoms with van der Waals surface area (Å²) < 4.78 is 7.84. The van der Waals surface area contributed by atoms with Crippen LogP contribution >= 0.6 is 0 Å². The van der Waals surface area contributed by atoms with Gasteiger partial charge in [-0.15, -0.1) is 0 Å². The Kier molecular flexibility index (Phi) is 3.97. The zero-order chi connectivity index (χ0) is 14.8. The minimum Gasteiger partial charge on any atom is -0.487 e. The summed E-state index contributed by atoms with van der Waals surface area (Å²) in [6.45, 7) is 5.00. The molecule has 1 aromatic heterocycles. The fourth-order valence-electron chi connectivity index (χ4n) is 2.90. The summed E-state index contributed by atoms with van der Waals surface area (Å²) in [5.41, 5.74) is 3.34. The Labute approximate surface area is 125 Å². The number of para-hydroxylation sites is 1. The molecule has 2 unspecified atom stereocenters. The maximum absolute atomic E-state index is 10.5. The van der Waals surface area contributed by atoms with Crippen molar-refractivity contribution in [3.05, 3.63) is 47.3 Å². The van der Waals surface area contributed by atoms with Gasteiger partial charge in [0.05, 0.1) is 11.8 Å². The van der Waals surface area contributed by atoms with Gasteiger partial charge < -0.3 is 9.84 Å². The van der Waals surface area contributed by atoms with Crippen LogP contribution in [0.15, 0.2) is 30.3 Å². The summed E-state index contributed by atoms with van der Waals surface area (Å²) in [4.78, 5) is 0. The van der Waals surface area contributed by atoms with E-state index >= 15 is 0 Å². The highest BCUT2D eigenvalue weighted by Gasteiger charge is 2.29. The van der Waals surface area contributed by atoms with E-state index in [9.17, 15) is 5.11 Å². The fraction of sp³-hybridized carbons (Fsp3) is 0.471. The molecular weight excluding hydrogens is 264 g/mol. The number of hydrogen-bond donors (Lipinski definition) is 1. The van der Waals surface area contributed by atoms with E-state index in [1.807, 2.05) is 22.9 Å². The molecule has 0 amide bonds. The largest absolute Gasteiger partial charge is 0.487 e. The van der Waals surface area contributed by atoms with Gasteiger partial charge in [-0.3, -0.25) is 4.68 Å². The lowest BCUT2D eigenvalue weighted by atomic mass is 10.0. The second kappa shape index (κ2) is 5.90. The highest BCUT2D eigenvalue weighted by atomic mass is 16.5. The Morgan fingerprint density at radius 2 is 2.19 bits per heavy atom. The van der Waals surface area contributed by atoms with Crippen molar-refractivity contribution in [2.24, 2.45) is 0 Å². The molecule has 1 aliphatic heterocycles. The lowest BCUT2D eigenvalue weighted by Gasteiger charge is -2.18. The molecule has 0 saturated carbocycles. The van der Waals surface area contributed by atoms with Crippen molar-refractivity contribution in [3.63, 3.8) is 0 Å². The van der Waals surface area contributed by atoms with E-state index in [0.29, 0.717) is 6.42 Å². The molecule has 2 atom stereocenters. The molecule has 1 aliphatic rings. The van der Waals surface area contributed by atoms with E-state index in [-0.39, 0.29) is 6.10 Å². The summed E-state index contributed by atoms with van der Waals surface area (Å²) in [5.74, 6) is 0.903. The number of aliphatic hydroxyl groups is 1. The SMILES string of the molecule is CCc1cc(CC(O)C2Cc3ccccc3O2)n(CC)n1. The molecule has 3 rings (SSSR count). The number of hydrogen-bond acceptors (Lipinski definition) is 3. The summed E-state index contributed by atoms with van der Waals surface area (Å²) >= 11 is 0. The molecule has 0 bridgehead atoms. The van der Waals surface area contributed by atoms with Crippen LogP contribution in [0.5, 0.6) is 5.75 Å². The number of fused-ring (bicyclic) bond motifs is 1. The van der Waals surface area contributed by atoms with Gasteiger partial charge in [-0.2, -0.15) is 5.10 Å². The van der Waals surface area contributed by atoms with Crippen LogP contribution in [0.2, 0.25) is 0 Å². The van der Waals surface area contributed by atoms with E-state index in [1.54, 1.807) is 0 Å². The highest BCUT2D eigenvalue weighted by molar-refractivity contribution is 5.37. The first kappa shape index (κ1) is 14.1. The molecule has 4 nitrogen and oxygen atoms in total. The van der Waals surface area contributed by atoms with Gasteiger partial charge >= 0.3 is 0 Å². The number of aryl methyl sites for hydroxylation is 2. The molecule has 0 fully saturated rings. The fourth-order valence-corrected chi connectivity index (χ4v) is 2.90. The third-order valence-corrected chi connectivity index (χ3v) is 4.10. The van der Waals surface area contributed by atoms with Crippen LogP contribution in [0.4, 0.5) is 0 Å². The molecular formula is C17H22N2O2. The molecule has 0 spiro atoms. The maximum Gasteiger partial charge on any atom is 0.129 e. The Balaban J connectivity index is 1.70. The van der Waals surface area contributed by atoms with Crippen LogP contribution in [0.1, 0.15) is 30.8 Å². The number of nitrogens with zero attached hydrogens (tertiary/aromatic N) is 2. The molecule has 21 heavy (non-hydrogen) atoms. The van der Waals surface area contributed by atoms with Gasteiger partial charge in [0.15, 0.2) is 0 Å². The van der Waals surface area contributed by atoms with Crippen molar-refractivity contribution in [2.45, 2.75) is 51.9 Å². The van der Waals surface area contributed by atoms with Crippen LogP contribution < -0.4 is 4.74 Å². The molecule has 112 valence electrons. The predicted molar refractivity (Wildman–Crippen MR) is 81.6 cm³/mol. The van der Waals surface area contributed by atoms with Crippen molar-refractivity contribution in [3.8, 4) is 5.75 Å². The van der Waals surface area contributed by atoms with Gasteiger partial charge in [0.1, 0.15) is 11.9 Å². The maximum atomic E-state index is 10.5. The van der Waals surface area contributed by atoms with Gasteiger partial charge in [0, 0.05) is 25.1 Å². The molecule has 0 radical (unpaired) electrons. The Hall–Kier alpha value is -1.81. The first-order valence-electron chi connectivity index (χ1n) is 7.69. The van der Waals surface area contributed by atoms with Crippen LogP contribution in [0, 0.1) is 0 Å². The second-order valence-corrected chi connectivity index (χ2v) is 5.54. The van der Waals surface area contributed by atoms with Crippen LogP contribution in [-0.4, -0.2) is 27.1 Å². The van der Waals surface area contributed by atoms with Gasteiger partial charge in [0.25, 0.3) is 0 Å². The lowest BCUT2D eigenvalue weighted by molar-refractivity contribution is 0.0489. The summed E-state index contributed by atoms with van der Waals surface area (Å²) in [7, 11) is 0. The van der Waals surface area contributed by atoms with Crippen molar-refractivity contribution in [1.82, 2.24) is 9.78 Å². The van der Waals surface area contributed by atoms with Crippen molar-refractivity contribution in [1.29, 1.82) is 0 Å². The molecule has 1 N–H and O–H groups in total.